The number of thioether (sulfide) groups is 1. The zero-order valence-electron chi connectivity index (χ0n) is 11.6. The van der Waals surface area contributed by atoms with Crippen LogP contribution in [0.2, 0.25) is 0 Å². The SMILES string of the molecule is CC(C)(C)SCc1noc(C(N)C(C)(C)C)n1. The van der Waals surface area contributed by atoms with Crippen LogP contribution in [0.4, 0.5) is 0 Å². The first-order valence-corrected chi connectivity index (χ1v) is 6.80. The second kappa shape index (κ2) is 4.98. The zero-order valence-corrected chi connectivity index (χ0v) is 12.4. The third-order valence-corrected chi connectivity index (χ3v) is 3.59. The van der Waals surface area contributed by atoms with E-state index in [1.807, 2.05) is 0 Å². The van der Waals surface area contributed by atoms with Crippen molar-refractivity contribution in [2.45, 2.75) is 58.1 Å². The summed E-state index contributed by atoms with van der Waals surface area (Å²) >= 11 is 1.79. The fraction of sp³-hybridized carbons (Fsp3) is 0.833. The predicted molar refractivity (Wildman–Crippen MR) is 71.7 cm³/mol. The number of rotatable bonds is 3. The Morgan fingerprint density at radius 1 is 1.24 bits per heavy atom. The Hall–Kier alpha value is -0.550. The fourth-order valence-electron chi connectivity index (χ4n) is 1.10. The van der Waals surface area contributed by atoms with Crippen molar-refractivity contribution in [1.29, 1.82) is 0 Å². The Labute approximate surface area is 108 Å². The molecule has 98 valence electrons. The van der Waals surface area contributed by atoms with Crippen LogP contribution in [0.15, 0.2) is 4.52 Å². The van der Waals surface area contributed by atoms with Gasteiger partial charge >= 0.3 is 0 Å². The smallest absolute Gasteiger partial charge is 0.244 e. The van der Waals surface area contributed by atoms with Crippen molar-refractivity contribution >= 4 is 11.8 Å². The molecule has 5 heteroatoms. The van der Waals surface area contributed by atoms with Crippen molar-refractivity contribution in [3.8, 4) is 0 Å². The molecule has 17 heavy (non-hydrogen) atoms. The van der Waals surface area contributed by atoms with Crippen LogP contribution in [0, 0.1) is 5.41 Å². The lowest BCUT2D eigenvalue weighted by atomic mass is 9.87. The number of hydrogen-bond acceptors (Lipinski definition) is 5. The molecular formula is C12H23N3OS. The molecule has 0 aromatic carbocycles. The molecule has 0 aliphatic heterocycles. The van der Waals surface area contributed by atoms with Gasteiger partial charge in [-0.25, -0.2) is 0 Å². The van der Waals surface area contributed by atoms with Gasteiger partial charge in [0.15, 0.2) is 5.82 Å². The topological polar surface area (TPSA) is 64.9 Å². The molecule has 1 rings (SSSR count). The molecule has 1 heterocycles. The highest BCUT2D eigenvalue weighted by Crippen LogP contribution is 2.30. The lowest BCUT2D eigenvalue weighted by Crippen LogP contribution is -2.26. The molecule has 0 bridgehead atoms. The van der Waals surface area contributed by atoms with Gasteiger partial charge in [0.1, 0.15) is 0 Å². The van der Waals surface area contributed by atoms with Crippen molar-refractivity contribution in [3.63, 3.8) is 0 Å². The van der Waals surface area contributed by atoms with Crippen LogP contribution >= 0.6 is 11.8 Å². The van der Waals surface area contributed by atoms with E-state index in [0.717, 1.165) is 11.6 Å². The Kier molecular flexibility index (Phi) is 4.25. The van der Waals surface area contributed by atoms with E-state index < -0.39 is 0 Å². The average Bonchev–Trinajstić information content (AvgIpc) is 2.59. The van der Waals surface area contributed by atoms with Gasteiger partial charge in [0, 0.05) is 4.75 Å². The predicted octanol–water partition coefficient (Wildman–Crippen LogP) is 3.15. The third-order valence-electron chi connectivity index (χ3n) is 2.32. The van der Waals surface area contributed by atoms with E-state index in [0.29, 0.717) is 5.89 Å². The van der Waals surface area contributed by atoms with E-state index in [2.05, 4.69) is 51.7 Å². The summed E-state index contributed by atoms with van der Waals surface area (Å²) in [5.41, 5.74) is 6.00. The molecule has 1 atom stereocenters. The number of aromatic nitrogens is 2. The highest BCUT2D eigenvalue weighted by atomic mass is 32.2. The van der Waals surface area contributed by atoms with E-state index in [-0.39, 0.29) is 16.2 Å². The monoisotopic (exact) mass is 257 g/mol. The molecule has 0 saturated heterocycles. The quantitative estimate of drug-likeness (QED) is 0.901. The molecule has 1 unspecified atom stereocenters. The van der Waals surface area contributed by atoms with E-state index >= 15 is 0 Å². The molecule has 0 amide bonds. The van der Waals surface area contributed by atoms with E-state index in [1.54, 1.807) is 11.8 Å². The standard InChI is InChI=1S/C12H23N3OS/c1-11(2,3)9(13)10-14-8(15-16-10)7-17-12(4,5)6/h9H,7,13H2,1-6H3. The summed E-state index contributed by atoms with van der Waals surface area (Å²) in [5.74, 6) is 2.01. The van der Waals surface area contributed by atoms with Crippen LogP contribution in [0.25, 0.3) is 0 Å². The maximum atomic E-state index is 6.06. The summed E-state index contributed by atoms with van der Waals surface area (Å²) in [6, 6.07) is -0.219. The van der Waals surface area contributed by atoms with Crippen LogP contribution in [-0.4, -0.2) is 14.9 Å². The molecule has 0 aliphatic rings. The molecule has 0 spiro atoms. The fourth-order valence-corrected chi connectivity index (χ4v) is 1.78. The largest absolute Gasteiger partial charge is 0.338 e. The molecule has 2 N–H and O–H groups in total. The van der Waals surface area contributed by atoms with E-state index in [4.69, 9.17) is 10.3 Å². The summed E-state index contributed by atoms with van der Waals surface area (Å²) in [5, 5.41) is 3.97. The van der Waals surface area contributed by atoms with Crippen molar-refractivity contribution < 1.29 is 4.52 Å². The van der Waals surface area contributed by atoms with Gasteiger partial charge in [-0.05, 0) is 5.41 Å². The van der Waals surface area contributed by atoms with Crippen molar-refractivity contribution in [3.05, 3.63) is 11.7 Å². The van der Waals surface area contributed by atoms with E-state index in [9.17, 15) is 0 Å². The number of nitrogens with zero attached hydrogens (tertiary/aromatic N) is 2. The summed E-state index contributed by atoms with van der Waals surface area (Å²) < 4.78 is 5.42. The average molecular weight is 257 g/mol. The van der Waals surface area contributed by atoms with Crippen molar-refractivity contribution in [1.82, 2.24) is 10.1 Å². The number of hydrogen-bond donors (Lipinski definition) is 1. The first kappa shape index (κ1) is 14.5. The first-order chi connectivity index (χ1) is 7.59. The highest BCUT2D eigenvalue weighted by molar-refractivity contribution is 7.99. The maximum absolute atomic E-state index is 6.06. The van der Waals surface area contributed by atoms with Gasteiger partial charge < -0.3 is 10.3 Å². The van der Waals surface area contributed by atoms with Crippen LogP contribution in [0.3, 0.4) is 0 Å². The van der Waals surface area contributed by atoms with Crippen LogP contribution in [0.1, 0.15) is 59.3 Å². The summed E-state index contributed by atoms with van der Waals surface area (Å²) in [4.78, 5) is 4.36. The van der Waals surface area contributed by atoms with Crippen molar-refractivity contribution in [2.24, 2.45) is 11.1 Å². The van der Waals surface area contributed by atoms with Crippen molar-refractivity contribution in [2.75, 3.05) is 0 Å². The van der Waals surface area contributed by atoms with E-state index in [1.165, 1.54) is 0 Å². The van der Waals surface area contributed by atoms with Gasteiger partial charge in [-0.3, -0.25) is 0 Å². The molecule has 1 aromatic heterocycles. The molecule has 1 aromatic rings. The molecule has 0 radical (unpaired) electrons. The van der Waals surface area contributed by atoms with Crippen LogP contribution in [-0.2, 0) is 5.75 Å². The third kappa shape index (κ3) is 4.68. The minimum atomic E-state index is -0.219. The highest BCUT2D eigenvalue weighted by Gasteiger charge is 2.27. The second-order valence-electron chi connectivity index (χ2n) is 6.29. The molecule has 0 fully saturated rings. The summed E-state index contributed by atoms with van der Waals surface area (Å²) in [6.45, 7) is 12.7. The Bertz CT molecular complexity index is 363. The van der Waals surface area contributed by atoms with Gasteiger partial charge in [0.2, 0.25) is 5.89 Å². The lowest BCUT2D eigenvalue weighted by Gasteiger charge is -2.23. The summed E-state index contributed by atoms with van der Waals surface area (Å²) in [7, 11) is 0. The maximum Gasteiger partial charge on any atom is 0.244 e. The number of nitrogens with two attached hydrogens (primary N) is 1. The molecule has 4 nitrogen and oxygen atoms in total. The molecular weight excluding hydrogens is 234 g/mol. The van der Waals surface area contributed by atoms with Gasteiger partial charge in [0.25, 0.3) is 0 Å². The van der Waals surface area contributed by atoms with Crippen LogP contribution in [0.5, 0.6) is 0 Å². The molecule has 0 aliphatic carbocycles. The zero-order chi connectivity index (χ0) is 13.3. The molecule has 0 saturated carbocycles. The Morgan fingerprint density at radius 3 is 2.29 bits per heavy atom. The minimum Gasteiger partial charge on any atom is -0.338 e. The van der Waals surface area contributed by atoms with Gasteiger partial charge in [-0.2, -0.15) is 4.98 Å². The van der Waals surface area contributed by atoms with Gasteiger partial charge in [0.05, 0.1) is 11.8 Å². The Morgan fingerprint density at radius 2 is 1.82 bits per heavy atom. The lowest BCUT2D eigenvalue weighted by molar-refractivity contribution is 0.252. The second-order valence-corrected chi connectivity index (χ2v) is 8.10. The minimum absolute atomic E-state index is 0.0685. The van der Waals surface area contributed by atoms with Gasteiger partial charge in [-0.15, -0.1) is 11.8 Å². The summed E-state index contributed by atoms with van der Waals surface area (Å²) in [6.07, 6.45) is 0. The Balaban J connectivity index is 2.66. The first-order valence-electron chi connectivity index (χ1n) is 5.81. The van der Waals surface area contributed by atoms with Gasteiger partial charge in [-0.1, -0.05) is 46.7 Å². The normalized spacial score (nSPS) is 15.0. The van der Waals surface area contributed by atoms with Crippen LogP contribution < -0.4 is 5.73 Å².